The van der Waals surface area contributed by atoms with Crippen LogP contribution in [0.4, 0.5) is 0 Å². The molecule has 0 aliphatic carbocycles. The topological polar surface area (TPSA) is 118 Å². The van der Waals surface area contributed by atoms with Gasteiger partial charge in [0.1, 0.15) is 27.7 Å². The van der Waals surface area contributed by atoms with Crippen LogP contribution < -0.4 is 21.8 Å². The van der Waals surface area contributed by atoms with E-state index in [1.807, 2.05) is 6.07 Å². The van der Waals surface area contributed by atoms with Crippen molar-refractivity contribution in [2.75, 3.05) is 0 Å². The summed E-state index contributed by atoms with van der Waals surface area (Å²) in [7, 11) is 0. The first-order valence-electron chi connectivity index (χ1n) is 12.0. The lowest BCUT2D eigenvalue weighted by atomic mass is 10.0. The first-order chi connectivity index (χ1) is 19.1. The fraction of sp³-hybridized carbons (Fsp3) is 0. The van der Waals surface area contributed by atoms with Crippen LogP contribution >= 0.6 is 22.7 Å². The van der Waals surface area contributed by atoms with Gasteiger partial charge in [0, 0.05) is 31.1 Å². The van der Waals surface area contributed by atoms with Crippen LogP contribution in [-0.4, -0.2) is 14.4 Å². The van der Waals surface area contributed by atoms with Crippen LogP contribution in [0.15, 0.2) is 70.3 Å². The van der Waals surface area contributed by atoms with E-state index in [2.05, 4.69) is 69.0 Å². The summed E-state index contributed by atoms with van der Waals surface area (Å²) in [5, 5.41) is 25.3. The largest absolute Gasteiger partial charge is 0.306 e. The van der Waals surface area contributed by atoms with Crippen LogP contribution in [-0.2, 0) is 0 Å². The number of aromatic nitrogens is 3. The van der Waals surface area contributed by atoms with Crippen LogP contribution in [0.25, 0.3) is 69.2 Å². The molecule has 0 aliphatic heterocycles. The average Bonchev–Trinajstić information content (AvgIpc) is 3.60. The second kappa shape index (κ2) is 7.65. The van der Waals surface area contributed by atoms with Gasteiger partial charge in [-0.15, -0.1) is 22.7 Å². The summed E-state index contributed by atoms with van der Waals surface area (Å²) >= 11 is 3.23. The zero-order valence-corrected chi connectivity index (χ0v) is 21.5. The molecule has 0 fully saturated rings. The monoisotopic (exact) mass is 539 g/mol. The van der Waals surface area contributed by atoms with Crippen molar-refractivity contribution in [2.24, 2.45) is 0 Å². The molecule has 0 aliphatic rings. The van der Waals surface area contributed by atoms with Crippen molar-refractivity contribution >= 4 is 91.9 Å². The van der Waals surface area contributed by atoms with E-state index in [9.17, 15) is 9.59 Å². The Kier molecular flexibility index (Phi) is 4.28. The normalized spacial score (nSPS) is 11.7. The lowest BCUT2D eigenvalue weighted by Gasteiger charge is -2.10. The highest BCUT2D eigenvalue weighted by Crippen LogP contribution is 2.48. The predicted octanol–water partition coefficient (Wildman–Crippen LogP) is 4.67. The number of benzene rings is 3. The number of nitrogens with one attached hydrogen (secondary N) is 2. The van der Waals surface area contributed by atoms with E-state index in [1.165, 1.54) is 49.3 Å². The van der Waals surface area contributed by atoms with Crippen LogP contribution in [0, 0.1) is 22.7 Å². The minimum Gasteiger partial charge on any atom is -0.306 e. The molecule has 7 nitrogen and oxygen atoms in total. The predicted molar refractivity (Wildman–Crippen MR) is 157 cm³/mol. The van der Waals surface area contributed by atoms with Crippen LogP contribution in [0.1, 0.15) is 4.88 Å². The third-order valence-electron chi connectivity index (χ3n) is 7.24. The molecule has 8 rings (SSSR count). The summed E-state index contributed by atoms with van der Waals surface area (Å²) in [5.41, 5.74) is 0.526. The van der Waals surface area contributed by atoms with Crippen molar-refractivity contribution in [3.63, 3.8) is 0 Å². The molecule has 0 amide bonds. The van der Waals surface area contributed by atoms with E-state index in [0.717, 1.165) is 24.5 Å². The molecule has 5 aromatic heterocycles. The van der Waals surface area contributed by atoms with Crippen molar-refractivity contribution in [3.05, 3.63) is 96.9 Å². The molecule has 39 heavy (non-hydrogen) atoms. The molecule has 0 unspecified atom stereocenters. The number of hydrogen-bond acceptors (Lipinski definition) is 6. The number of aromatic amines is 2. The van der Waals surface area contributed by atoms with Gasteiger partial charge in [0.15, 0.2) is 5.57 Å². The fourth-order valence-corrected chi connectivity index (χ4v) is 8.27. The molecule has 182 valence electrons. The molecule has 0 radical (unpaired) electrons. The van der Waals surface area contributed by atoms with Crippen molar-refractivity contribution in [2.45, 2.75) is 0 Å². The number of nitriles is 2. The summed E-state index contributed by atoms with van der Waals surface area (Å²) in [6.07, 6.45) is 1.56. The van der Waals surface area contributed by atoms with E-state index in [-0.39, 0.29) is 16.3 Å². The van der Waals surface area contributed by atoms with Crippen LogP contribution in [0.2, 0.25) is 0 Å². The quantitative estimate of drug-likeness (QED) is 0.315. The molecule has 0 saturated heterocycles. The Hall–Kier alpha value is -5.22. The van der Waals surface area contributed by atoms with Gasteiger partial charge in [-0.05, 0) is 29.0 Å². The highest BCUT2D eigenvalue weighted by Gasteiger charge is 2.21. The Morgan fingerprint density at radius 3 is 2.41 bits per heavy atom. The lowest BCUT2D eigenvalue weighted by Crippen LogP contribution is -2.48. The first-order valence-corrected chi connectivity index (χ1v) is 13.6. The number of pyridine rings is 1. The summed E-state index contributed by atoms with van der Waals surface area (Å²) in [6.45, 7) is 0. The second-order valence-electron chi connectivity index (χ2n) is 9.28. The standard InChI is InChI=1S/C30H13N5O2S2/c31-12-15(13-32)27-33-28(36)20(29(37)34-27)10-16-11-22-26(38-16)24-19-6-3-4-14-8-9-18-17-5-1-2-7-21(17)35(30(24)39-22)25(18)23(14)19/h1-11H,(H,33,36)(H,34,37). The number of para-hydroxylation sites is 1. The van der Waals surface area contributed by atoms with Crippen molar-refractivity contribution in [3.8, 4) is 12.1 Å². The van der Waals surface area contributed by atoms with Crippen molar-refractivity contribution < 1.29 is 0 Å². The van der Waals surface area contributed by atoms with Crippen LogP contribution in [0.3, 0.4) is 0 Å². The molecule has 5 heterocycles. The average molecular weight is 540 g/mol. The number of nitrogens with zero attached hydrogens (tertiary/aromatic N) is 3. The van der Waals surface area contributed by atoms with Gasteiger partial charge in [-0.3, -0.25) is 14.0 Å². The molecule has 9 heteroatoms. The third-order valence-corrected chi connectivity index (χ3v) is 9.59. The van der Waals surface area contributed by atoms with Crippen molar-refractivity contribution in [1.29, 1.82) is 10.5 Å². The Labute approximate surface area is 225 Å². The summed E-state index contributed by atoms with van der Waals surface area (Å²) < 4.78 is 4.55. The second-order valence-corrected chi connectivity index (χ2v) is 11.4. The zero-order valence-electron chi connectivity index (χ0n) is 19.8. The highest BCUT2D eigenvalue weighted by atomic mass is 32.1. The smallest absolute Gasteiger partial charge is 0.262 e. The Morgan fingerprint density at radius 2 is 1.62 bits per heavy atom. The van der Waals surface area contributed by atoms with E-state index in [1.54, 1.807) is 29.6 Å². The summed E-state index contributed by atoms with van der Waals surface area (Å²) in [6, 6.07) is 24.6. The molecule has 0 saturated carbocycles. The molecular weight excluding hydrogens is 526 g/mol. The molecule has 0 bridgehead atoms. The van der Waals surface area contributed by atoms with Crippen LogP contribution in [0.5, 0.6) is 0 Å². The minimum absolute atomic E-state index is 0.0812. The SMILES string of the molecule is N#CC(C#N)=c1[nH]c(=O)c(=Cc2cc3sc4c(c5cccc6ccc7c8ccccc8n4c7c65)c3s2)c(=O)[nH]1. The molecule has 8 aromatic rings. The first kappa shape index (κ1) is 21.8. The lowest BCUT2D eigenvalue weighted by molar-refractivity contribution is 0.985. The van der Waals surface area contributed by atoms with Gasteiger partial charge in [0.2, 0.25) is 0 Å². The summed E-state index contributed by atoms with van der Waals surface area (Å²) in [4.78, 5) is 32.3. The van der Waals surface area contributed by atoms with Gasteiger partial charge in [0.25, 0.3) is 11.1 Å². The number of thiophene rings is 2. The maximum atomic E-state index is 12.7. The van der Waals surface area contributed by atoms with Gasteiger partial charge < -0.3 is 9.97 Å². The van der Waals surface area contributed by atoms with E-state index < -0.39 is 11.1 Å². The number of rotatable bonds is 1. The Balaban J connectivity index is 1.48. The molecule has 0 atom stereocenters. The van der Waals surface area contributed by atoms with Gasteiger partial charge >= 0.3 is 0 Å². The highest BCUT2D eigenvalue weighted by molar-refractivity contribution is 7.33. The fourth-order valence-electron chi connectivity index (χ4n) is 5.64. The van der Waals surface area contributed by atoms with E-state index in [4.69, 9.17) is 10.5 Å². The van der Waals surface area contributed by atoms with Gasteiger partial charge in [0.05, 0.1) is 15.7 Å². The molecule has 3 aromatic carbocycles. The maximum absolute atomic E-state index is 12.7. The molecule has 2 N–H and O–H groups in total. The summed E-state index contributed by atoms with van der Waals surface area (Å²) in [5.74, 6) is 0. The third kappa shape index (κ3) is 2.83. The molecule has 0 spiro atoms. The number of fused-ring (bicyclic) bond motifs is 8. The number of H-pyrrole nitrogens is 2. The van der Waals surface area contributed by atoms with Crippen molar-refractivity contribution in [1.82, 2.24) is 14.4 Å². The van der Waals surface area contributed by atoms with E-state index in [0.29, 0.717) is 0 Å². The Bertz CT molecular complexity index is 2630. The minimum atomic E-state index is -0.657. The Morgan fingerprint density at radius 1 is 0.846 bits per heavy atom. The number of hydrogen-bond donors (Lipinski definition) is 2. The van der Waals surface area contributed by atoms with E-state index >= 15 is 0 Å². The zero-order chi connectivity index (χ0) is 26.4. The molecular formula is C30H13N5O2S2. The van der Waals surface area contributed by atoms with Gasteiger partial charge in [-0.25, -0.2) is 0 Å². The maximum Gasteiger partial charge on any atom is 0.262 e. The van der Waals surface area contributed by atoms with Gasteiger partial charge in [-0.1, -0.05) is 48.5 Å². The van der Waals surface area contributed by atoms with Gasteiger partial charge in [-0.2, -0.15) is 10.5 Å².